The van der Waals surface area contributed by atoms with Crippen molar-refractivity contribution in [3.8, 4) is 17.0 Å². The summed E-state index contributed by atoms with van der Waals surface area (Å²) in [7, 11) is 0. The van der Waals surface area contributed by atoms with Crippen LogP contribution in [0.4, 0.5) is 0 Å². The first kappa shape index (κ1) is 25.4. The summed E-state index contributed by atoms with van der Waals surface area (Å²) in [6, 6.07) is 20.3. The molecule has 1 unspecified atom stereocenters. The molecule has 3 heteroatoms. The number of rotatable bonds is 8. The van der Waals surface area contributed by atoms with Crippen LogP contribution < -0.4 is 4.74 Å². The molecule has 0 bridgehead atoms. The molecule has 1 atom stereocenters. The van der Waals surface area contributed by atoms with Gasteiger partial charge in [-0.2, -0.15) is 0 Å². The minimum absolute atomic E-state index is 0.115. The smallest absolute Gasteiger partial charge is 0.128 e. The van der Waals surface area contributed by atoms with E-state index >= 15 is 0 Å². The summed E-state index contributed by atoms with van der Waals surface area (Å²) >= 11 is 0. The van der Waals surface area contributed by atoms with Crippen molar-refractivity contribution in [2.45, 2.75) is 91.8 Å². The van der Waals surface area contributed by atoms with Crippen LogP contribution in [0.25, 0.3) is 11.3 Å². The summed E-state index contributed by atoms with van der Waals surface area (Å²) < 4.78 is 6.48. The Kier molecular flexibility index (Phi) is 8.62. The van der Waals surface area contributed by atoms with Gasteiger partial charge in [-0.1, -0.05) is 75.2 Å². The second kappa shape index (κ2) is 11.9. The van der Waals surface area contributed by atoms with E-state index in [4.69, 9.17) is 9.72 Å². The number of hydrogen-bond acceptors (Lipinski definition) is 3. The molecular formula is C32H42N2O. The monoisotopic (exact) mass is 470 g/mol. The Labute approximate surface area is 212 Å². The van der Waals surface area contributed by atoms with Crippen LogP contribution in [-0.4, -0.2) is 22.5 Å². The summed E-state index contributed by atoms with van der Waals surface area (Å²) in [4.78, 5) is 7.87. The Morgan fingerprint density at radius 3 is 2.31 bits per heavy atom. The quantitative estimate of drug-likeness (QED) is 0.333. The summed E-state index contributed by atoms with van der Waals surface area (Å²) in [6.45, 7) is 12.9. The first-order valence-corrected chi connectivity index (χ1v) is 13.6. The maximum Gasteiger partial charge on any atom is 0.128 e. The third-order valence-corrected chi connectivity index (χ3v) is 7.32. The number of pyridine rings is 1. The van der Waals surface area contributed by atoms with Gasteiger partial charge in [0.1, 0.15) is 5.75 Å². The van der Waals surface area contributed by atoms with Gasteiger partial charge < -0.3 is 4.74 Å². The van der Waals surface area contributed by atoms with Crippen LogP contribution >= 0.6 is 0 Å². The highest BCUT2D eigenvalue weighted by atomic mass is 16.5. The van der Waals surface area contributed by atoms with Gasteiger partial charge in [-0.15, -0.1) is 0 Å². The van der Waals surface area contributed by atoms with Gasteiger partial charge >= 0.3 is 0 Å². The highest BCUT2D eigenvalue weighted by Gasteiger charge is 2.25. The number of ether oxygens (including phenoxy) is 1. The molecule has 1 aliphatic heterocycles. The van der Waals surface area contributed by atoms with Gasteiger partial charge in [0.15, 0.2) is 0 Å². The lowest BCUT2D eigenvalue weighted by Crippen LogP contribution is -2.29. The fraction of sp³-hybridized carbons (Fsp3) is 0.469. The molecule has 0 aliphatic carbocycles. The lowest BCUT2D eigenvalue weighted by molar-refractivity contribution is 0.183. The van der Waals surface area contributed by atoms with E-state index < -0.39 is 0 Å². The molecule has 1 aromatic heterocycles. The van der Waals surface area contributed by atoms with Crippen LogP contribution in [0, 0.1) is 6.92 Å². The molecule has 35 heavy (non-hydrogen) atoms. The molecule has 186 valence electrons. The van der Waals surface area contributed by atoms with E-state index in [9.17, 15) is 0 Å². The Bertz CT molecular complexity index is 1080. The van der Waals surface area contributed by atoms with E-state index in [1.54, 1.807) is 0 Å². The minimum atomic E-state index is 0.115. The Hall–Kier alpha value is -2.65. The Morgan fingerprint density at radius 1 is 0.943 bits per heavy atom. The van der Waals surface area contributed by atoms with Crippen LogP contribution in [0.15, 0.2) is 54.6 Å². The van der Waals surface area contributed by atoms with Crippen LogP contribution in [0.5, 0.6) is 5.75 Å². The minimum Gasteiger partial charge on any atom is -0.491 e. The van der Waals surface area contributed by atoms with Crippen molar-refractivity contribution in [2.24, 2.45) is 0 Å². The predicted octanol–water partition coefficient (Wildman–Crippen LogP) is 8.09. The first-order chi connectivity index (χ1) is 17.0. The molecule has 0 radical (unpaired) electrons. The van der Waals surface area contributed by atoms with Crippen molar-refractivity contribution in [3.63, 3.8) is 0 Å². The second-order valence-corrected chi connectivity index (χ2v) is 10.1. The average Bonchev–Trinajstić information content (AvgIpc) is 3.11. The topological polar surface area (TPSA) is 25.4 Å². The van der Waals surface area contributed by atoms with E-state index in [0.717, 1.165) is 43.1 Å². The molecule has 1 fully saturated rings. The molecule has 4 rings (SSSR count). The number of aryl methyl sites for hydroxylation is 3. The van der Waals surface area contributed by atoms with Gasteiger partial charge in [0.25, 0.3) is 0 Å². The SMILES string of the molecule is CCc1cccc(CC)c1-c1cc(OC(C)C)c(CN2CCCCCC2c2ccccc2)c(C)n1. The van der Waals surface area contributed by atoms with Gasteiger partial charge in [0, 0.05) is 35.5 Å². The molecule has 1 saturated heterocycles. The summed E-state index contributed by atoms with van der Waals surface area (Å²) in [5, 5.41) is 0. The summed E-state index contributed by atoms with van der Waals surface area (Å²) in [5.41, 5.74) is 8.79. The zero-order chi connectivity index (χ0) is 24.8. The lowest BCUT2D eigenvalue weighted by Gasteiger charge is -2.32. The molecule has 0 spiro atoms. The average molecular weight is 471 g/mol. The van der Waals surface area contributed by atoms with Crippen molar-refractivity contribution >= 4 is 0 Å². The van der Waals surface area contributed by atoms with E-state index in [-0.39, 0.29) is 6.10 Å². The Balaban J connectivity index is 1.76. The molecule has 0 amide bonds. The van der Waals surface area contributed by atoms with Crippen molar-refractivity contribution in [1.82, 2.24) is 9.88 Å². The molecular weight excluding hydrogens is 428 g/mol. The molecule has 3 aromatic rings. The molecule has 1 aliphatic rings. The lowest BCUT2D eigenvalue weighted by atomic mass is 9.94. The number of hydrogen-bond donors (Lipinski definition) is 0. The van der Waals surface area contributed by atoms with Crippen molar-refractivity contribution in [2.75, 3.05) is 6.54 Å². The molecule has 0 saturated carbocycles. The highest BCUT2D eigenvalue weighted by Crippen LogP contribution is 2.37. The van der Waals surface area contributed by atoms with Gasteiger partial charge in [-0.25, -0.2) is 0 Å². The largest absolute Gasteiger partial charge is 0.491 e. The molecule has 0 N–H and O–H groups in total. The summed E-state index contributed by atoms with van der Waals surface area (Å²) in [5.74, 6) is 0.992. The van der Waals surface area contributed by atoms with E-state index in [2.05, 4.69) is 94.1 Å². The van der Waals surface area contributed by atoms with Crippen LogP contribution in [0.3, 0.4) is 0 Å². The second-order valence-electron chi connectivity index (χ2n) is 10.1. The molecule has 2 heterocycles. The zero-order valence-electron chi connectivity index (χ0n) is 22.3. The van der Waals surface area contributed by atoms with Gasteiger partial charge in [-0.3, -0.25) is 9.88 Å². The highest BCUT2D eigenvalue weighted by molar-refractivity contribution is 5.70. The van der Waals surface area contributed by atoms with E-state index in [1.165, 1.54) is 53.5 Å². The first-order valence-electron chi connectivity index (χ1n) is 13.6. The van der Waals surface area contributed by atoms with E-state index in [1.807, 2.05) is 0 Å². The van der Waals surface area contributed by atoms with Crippen molar-refractivity contribution < 1.29 is 4.74 Å². The van der Waals surface area contributed by atoms with Gasteiger partial charge in [0.2, 0.25) is 0 Å². The fourth-order valence-corrected chi connectivity index (χ4v) is 5.53. The number of nitrogens with zero attached hydrogens (tertiary/aromatic N) is 2. The van der Waals surface area contributed by atoms with E-state index in [0.29, 0.717) is 6.04 Å². The Morgan fingerprint density at radius 2 is 1.66 bits per heavy atom. The van der Waals surface area contributed by atoms with Crippen molar-refractivity contribution in [1.29, 1.82) is 0 Å². The van der Waals surface area contributed by atoms with Crippen LogP contribution in [0.2, 0.25) is 0 Å². The summed E-state index contributed by atoms with van der Waals surface area (Å²) in [6.07, 6.45) is 7.16. The standard InChI is InChI=1S/C32H42N2O/c1-6-25-17-14-18-26(7-2)32(25)29-21-31(35-23(3)4)28(24(5)33-29)22-34-20-13-9-12-19-30(34)27-15-10-8-11-16-27/h8,10-11,14-18,21,23,30H,6-7,9,12-13,19-20,22H2,1-5H3. The molecule has 3 nitrogen and oxygen atoms in total. The van der Waals surface area contributed by atoms with Crippen LogP contribution in [-0.2, 0) is 19.4 Å². The number of benzene rings is 2. The van der Waals surface area contributed by atoms with Gasteiger partial charge in [0.05, 0.1) is 11.8 Å². The number of aromatic nitrogens is 1. The maximum atomic E-state index is 6.48. The third-order valence-electron chi connectivity index (χ3n) is 7.32. The molecule has 2 aromatic carbocycles. The third kappa shape index (κ3) is 5.95. The zero-order valence-corrected chi connectivity index (χ0v) is 22.3. The maximum absolute atomic E-state index is 6.48. The van der Waals surface area contributed by atoms with Crippen molar-refractivity contribution in [3.05, 3.63) is 82.5 Å². The van der Waals surface area contributed by atoms with Gasteiger partial charge in [-0.05, 0) is 69.7 Å². The fourth-order valence-electron chi connectivity index (χ4n) is 5.53. The van der Waals surface area contributed by atoms with Crippen LogP contribution in [0.1, 0.15) is 87.4 Å². The normalized spacial score (nSPS) is 16.9. The number of likely N-dealkylation sites (tertiary alicyclic amines) is 1. The predicted molar refractivity (Wildman–Crippen MR) is 147 cm³/mol.